The quantitative estimate of drug-likeness (QED) is 0.0233. The molecule has 648 valence electrons. The van der Waals surface area contributed by atoms with Gasteiger partial charge in [-0.05, 0) is 179 Å². The van der Waals surface area contributed by atoms with Crippen LogP contribution in [0, 0.1) is 5.41 Å². The SMILES string of the molecule is CC(C)(C)CNc1nc(N)c2c(n1)N(Cc1cccc(CN3CCCC3)c1)CC(=O)C2.COCCNc1nc(N)c2c(n1)N(Cc1cccc(CN3CCCC3)c1)CC(=O)C2.Nc1nc(NC2CC2)nc2c1CC(=O)CN2Cc1cccc(CN2CCCC2)c1.Nc1nc(NC2CCCCC2)nc2c1CC(=O)CN2Cc1cccc(CN2CCCC2)c1. The molecule has 0 amide bonds. The molecule has 12 heterocycles. The first-order valence-corrected chi connectivity index (χ1v) is 44.6. The zero-order valence-corrected chi connectivity index (χ0v) is 72.1. The number of aromatic nitrogens is 8. The van der Waals surface area contributed by atoms with Gasteiger partial charge in [-0.15, -0.1) is 0 Å². The van der Waals surface area contributed by atoms with Crippen molar-refractivity contribution in [2.24, 2.45) is 5.41 Å². The number of fused-ring (bicyclic) bond motifs is 4. The van der Waals surface area contributed by atoms with Crippen molar-refractivity contribution in [2.45, 2.75) is 207 Å². The number of nitrogens with one attached hydrogen (secondary N) is 4. The van der Waals surface area contributed by atoms with E-state index in [1.54, 1.807) is 7.11 Å². The molecular formula is C93H126N24O5. The number of carbonyl (C=O) groups is 4. The van der Waals surface area contributed by atoms with Gasteiger partial charge in [0.15, 0.2) is 23.1 Å². The van der Waals surface area contributed by atoms with E-state index < -0.39 is 0 Å². The summed E-state index contributed by atoms with van der Waals surface area (Å²) in [4.78, 5) is 104. The number of rotatable bonds is 26. The summed E-state index contributed by atoms with van der Waals surface area (Å²) in [7, 11) is 1.65. The van der Waals surface area contributed by atoms with Crippen LogP contribution in [-0.2, 0) is 102 Å². The lowest BCUT2D eigenvalue weighted by Gasteiger charge is -2.31. The molecule has 0 atom stereocenters. The number of ether oxygens (including phenoxy) is 1. The second-order valence-corrected chi connectivity index (χ2v) is 36.2. The summed E-state index contributed by atoms with van der Waals surface area (Å²) in [5.74, 6) is 7.46. The fourth-order valence-electron chi connectivity index (χ4n) is 18.1. The maximum Gasteiger partial charge on any atom is 0.226 e. The van der Waals surface area contributed by atoms with Gasteiger partial charge >= 0.3 is 0 Å². The first-order chi connectivity index (χ1) is 59.2. The van der Waals surface area contributed by atoms with Gasteiger partial charge in [0, 0.05) is 133 Å². The van der Waals surface area contributed by atoms with E-state index >= 15 is 0 Å². The van der Waals surface area contributed by atoms with Crippen LogP contribution in [0.5, 0.6) is 0 Å². The van der Waals surface area contributed by atoms with Crippen molar-refractivity contribution < 1.29 is 23.9 Å². The van der Waals surface area contributed by atoms with Crippen LogP contribution in [0.25, 0.3) is 0 Å². The molecule has 0 unspecified atom stereocenters. The molecule has 18 rings (SSSR count). The molecule has 4 saturated heterocycles. The Hall–Kier alpha value is -10.7. The lowest BCUT2D eigenvalue weighted by molar-refractivity contribution is -0.118. The summed E-state index contributed by atoms with van der Waals surface area (Å²) < 4.78 is 5.07. The Kier molecular flexibility index (Phi) is 28.6. The number of nitrogen functional groups attached to an aromatic ring is 4. The van der Waals surface area contributed by atoms with Crippen molar-refractivity contribution in [3.63, 3.8) is 0 Å². The highest BCUT2D eigenvalue weighted by molar-refractivity contribution is 5.94. The third-order valence-corrected chi connectivity index (χ3v) is 24.3. The number of anilines is 12. The second kappa shape index (κ2) is 40.5. The molecule has 2 aliphatic carbocycles. The Morgan fingerprint density at radius 1 is 0.352 bits per heavy atom. The molecule has 0 bridgehead atoms. The average Bonchev–Trinajstić information content (AvgIpc) is 0.832. The normalized spacial score (nSPS) is 18.3. The summed E-state index contributed by atoms with van der Waals surface area (Å²) >= 11 is 0. The van der Waals surface area contributed by atoms with Crippen molar-refractivity contribution in [3.8, 4) is 0 Å². The van der Waals surface area contributed by atoms with E-state index in [4.69, 9.17) is 42.6 Å². The average molecular weight is 1660 g/mol. The highest BCUT2D eigenvalue weighted by Gasteiger charge is 2.34. The third kappa shape index (κ3) is 24.0. The molecule has 6 fully saturated rings. The Bertz CT molecular complexity index is 4950. The summed E-state index contributed by atoms with van der Waals surface area (Å²) in [6.07, 6.45) is 19.9. The predicted octanol–water partition coefficient (Wildman–Crippen LogP) is 11.0. The van der Waals surface area contributed by atoms with Crippen molar-refractivity contribution in [3.05, 3.63) is 164 Å². The zero-order valence-electron chi connectivity index (χ0n) is 72.1. The second-order valence-electron chi connectivity index (χ2n) is 36.2. The Balaban J connectivity index is 0.000000126. The first-order valence-electron chi connectivity index (χ1n) is 44.6. The Labute approximate surface area is 718 Å². The van der Waals surface area contributed by atoms with Gasteiger partial charge < -0.3 is 68.5 Å². The minimum absolute atomic E-state index is 0.0967. The van der Waals surface area contributed by atoms with Crippen molar-refractivity contribution in [2.75, 3.05) is 169 Å². The Morgan fingerprint density at radius 3 is 0.910 bits per heavy atom. The van der Waals surface area contributed by atoms with Crippen LogP contribution in [-0.4, -0.2) is 200 Å². The van der Waals surface area contributed by atoms with Crippen molar-refractivity contribution in [1.29, 1.82) is 0 Å². The highest BCUT2D eigenvalue weighted by Crippen LogP contribution is 2.37. The van der Waals surface area contributed by atoms with Gasteiger partial charge in [0.1, 0.15) is 46.5 Å². The monoisotopic (exact) mass is 1660 g/mol. The van der Waals surface area contributed by atoms with Crippen molar-refractivity contribution in [1.82, 2.24) is 59.5 Å². The molecule has 10 aliphatic rings. The number of benzene rings is 4. The molecule has 122 heavy (non-hydrogen) atoms. The number of nitrogens with two attached hydrogens (primary N) is 4. The number of methoxy groups -OCH3 is 1. The molecule has 8 aromatic rings. The molecule has 12 N–H and O–H groups in total. The molecule has 0 radical (unpaired) electrons. The van der Waals surface area contributed by atoms with Gasteiger partial charge in [-0.3, -0.25) is 38.8 Å². The molecular weight excluding hydrogens is 1530 g/mol. The van der Waals surface area contributed by atoms with Crippen LogP contribution in [0.2, 0.25) is 0 Å². The number of likely N-dealkylation sites (tertiary alicyclic amines) is 4. The fraction of sp³-hybridized carbons (Fsp3) is 0.527. The lowest BCUT2D eigenvalue weighted by Crippen LogP contribution is -2.37. The smallest absolute Gasteiger partial charge is 0.226 e. The Morgan fingerprint density at radius 2 is 0.623 bits per heavy atom. The van der Waals surface area contributed by atoms with E-state index in [9.17, 15) is 19.2 Å². The topological polar surface area (TPSA) is 359 Å². The number of Topliss-reactive ketones (excluding diaryl/α,β-unsaturated/α-hetero) is 4. The number of nitrogens with zero attached hydrogens (tertiary/aromatic N) is 16. The lowest BCUT2D eigenvalue weighted by atomic mass is 9.96. The highest BCUT2D eigenvalue weighted by atomic mass is 16.5. The van der Waals surface area contributed by atoms with E-state index in [0.717, 1.165) is 104 Å². The van der Waals surface area contributed by atoms with Crippen molar-refractivity contribution >= 4 is 93.5 Å². The third-order valence-electron chi connectivity index (χ3n) is 24.3. The van der Waals surface area contributed by atoms with Gasteiger partial charge in [-0.1, -0.05) is 137 Å². The number of hydrogen-bond acceptors (Lipinski definition) is 29. The summed E-state index contributed by atoms with van der Waals surface area (Å²) in [6, 6.07) is 35.5. The summed E-state index contributed by atoms with van der Waals surface area (Å²) in [5, 5.41) is 13.3. The summed E-state index contributed by atoms with van der Waals surface area (Å²) in [5.41, 5.74) is 38.0. The molecule has 8 aliphatic heterocycles. The standard InChI is InChI=1S/C25H34N6O.C24H34N6O.C22H30N6O2.C22H28N6O/c26-23-22-14-21(32)17-31(24(22)29-25(28-23)27-20-9-2-1-3-10-20)16-19-8-6-7-18(13-19)15-30-11-4-5-12-30;1-24(2,3)16-26-23-27-21(25)20-12-19(31)15-30(22(20)28-23)14-18-8-6-7-17(11-18)13-29-9-4-5-10-29;1-30-10-7-24-22-25-20(23)19-12-18(29)15-28(21(19)26-22)14-17-6-4-5-16(11-17)13-27-8-2-3-9-27;23-20-19-11-18(29)14-28(21(19)26-22(25-20)24-17-6-7-17)13-16-5-3-4-15(10-16)12-27-8-1-2-9-27/h6-8,13,20H,1-5,9-12,14-17H2,(H3,26,27,28,29);6-8,11H,4-5,9-10,12-16H2,1-3H3,(H3,25,26,27,28);4-6,11H,2-3,7-10,12-15H2,1H3,(H3,23,24,25,26);3-5,10,17H,1-2,6-9,11-14H2,(H3,23,24,25,26). The molecule has 29 nitrogen and oxygen atoms in total. The van der Waals surface area contributed by atoms with Crippen LogP contribution in [0.15, 0.2) is 97.1 Å². The van der Waals surface area contributed by atoms with E-state index in [1.165, 1.54) is 167 Å². The van der Waals surface area contributed by atoms with Crippen LogP contribution >= 0.6 is 0 Å². The van der Waals surface area contributed by atoms with Gasteiger partial charge in [-0.2, -0.15) is 39.9 Å². The number of ketones is 4. The number of carbonyl (C=O) groups excluding carboxylic acids is 4. The molecule has 29 heteroatoms. The zero-order chi connectivity index (χ0) is 84.6. The van der Waals surface area contributed by atoms with Crippen LogP contribution in [0.1, 0.15) is 184 Å². The van der Waals surface area contributed by atoms with Gasteiger partial charge in [0.2, 0.25) is 23.8 Å². The minimum atomic E-state index is 0.0967. The summed E-state index contributed by atoms with van der Waals surface area (Å²) in [6.45, 7) is 25.7. The van der Waals surface area contributed by atoms with Gasteiger partial charge in [0.25, 0.3) is 0 Å². The maximum atomic E-state index is 12.5. The fourth-order valence-corrected chi connectivity index (χ4v) is 18.1. The largest absolute Gasteiger partial charge is 0.383 e. The maximum absolute atomic E-state index is 12.5. The van der Waals surface area contributed by atoms with E-state index in [-0.39, 0.29) is 35.0 Å². The minimum Gasteiger partial charge on any atom is -0.383 e. The first kappa shape index (κ1) is 86.2. The molecule has 2 saturated carbocycles. The molecule has 4 aromatic carbocycles. The van der Waals surface area contributed by atoms with Gasteiger partial charge in [0.05, 0.1) is 32.8 Å². The van der Waals surface area contributed by atoms with E-state index in [1.807, 2.05) is 14.7 Å². The van der Waals surface area contributed by atoms with E-state index in [2.05, 4.69) is 189 Å². The van der Waals surface area contributed by atoms with Crippen LogP contribution in [0.4, 0.5) is 70.3 Å². The molecule has 0 spiro atoms. The number of hydrogen-bond donors (Lipinski definition) is 8. The van der Waals surface area contributed by atoms with Crippen LogP contribution < -0.4 is 63.8 Å². The predicted molar refractivity (Wildman–Crippen MR) is 484 cm³/mol. The van der Waals surface area contributed by atoms with E-state index in [0.29, 0.717) is 144 Å². The van der Waals surface area contributed by atoms with Gasteiger partial charge in [-0.25, -0.2) is 0 Å². The van der Waals surface area contributed by atoms with Crippen LogP contribution in [0.3, 0.4) is 0 Å². The molecule has 4 aromatic heterocycles.